The van der Waals surface area contributed by atoms with Crippen LogP contribution in [0.5, 0.6) is 5.75 Å². The maximum absolute atomic E-state index is 12.5. The highest BCUT2D eigenvalue weighted by Gasteiger charge is 2.26. The Morgan fingerprint density at radius 1 is 1.11 bits per heavy atom. The molecule has 0 atom stereocenters. The van der Waals surface area contributed by atoms with Gasteiger partial charge in [-0.25, -0.2) is 0 Å². The number of rotatable bonds is 4. The van der Waals surface area contributed by atoms with E-state index in [1.54, 1.807) is 24.3 Å². The van der Waals surface area contributed by atoms with Crippen LogP contribution in [0.2, 0.25) is 5.02 Å². The Hall–Kier alpha value is -2.46. The first-order chi connectivity index (χ1) is 13.1. The number of amides is 1. The molecule has 2 heterocycles. The number of nitrogens with zero attached hydrogens (tertiary/aromatic N) is 2. The number of ether oxygens (including phenoxy) is 1. The first kappa shape index (κ1) is 17.9. The van der Waals surface area contributed by atoms with Crippen molar-refractivity contribution in [3.05, 3.63) is 65.3 Å². The number of fused-ring (bicyclic) bond motifs is 1. The lowest BCUT2D eigenvalue weighted by molar-refractivity contribution is -0.134. The number of carbonyl (C=O) groups excluding carboxylic acids is 1. The van der Waals surface area contributed by atoms with Crippen molar-refractivity contribution in [2.45, 2.75) is 18.8 Å². The lowest BCUT2D eigenvalue weighted by atomic mass is 9.93. The Kier molecular flexibility index (Phi) is 5.08. The van der Waals surface area contributed by atoms with Gasteiger partial charge in [-0.15, -0.1) is 0 Å². The Labute approximate surface area is 164 Å². The number of benzene rings is 2. The molecule has 2 aromatic carbocycles. The van der Waals surface area contributed by atoms with E-state index in [9.17, 15) is 4.79 Å². The van der Waals surface area contributed by atoms with Gasteiger partial charge in [-0.1, -0.05) is 29.8 Å². The van der Waals surface area contributed by atoms with E-state index < -0.39 is 0 Å². The summed E-state index contributed by atoms with van der Waals surface area (Å²) in [6.07, 6.45) is 1.97. The van der Waals surface area contributed by atoms with Crippen molar-refractivity contribution in [3.8, 4) is 5.75 Å². The number of halogens is 1. The Balaban J connectivity index is 1.34. The first-order valence-corrected chi connectivity index (χ1v) is 9.70. The van der Waals surface area contributed by atoms with Crippen LogP contribution in [0.4, 0.5) is 0 Å². The molecule has 3 aromatic rings. The molecule has 1 saturated heterocycles. The van der Waals surface area contributed by atoms with Gasteiger partial charge in [-0.3, -0.25) is 4.79 Å². The summed E-state index contributed by atoms with van der Waals surface area (Å²) < 4.78 is 7.89. The van der Waals surface area contributed by atoms with Crippen LogP contribution < -0.4 is 4.74 Å². The third-order valence-electron chi connectivity index (χ3n) is 5.43. The summed E-state index contributed by atoms with van der Waals surface area (Å²) in [5, 5.41) is 1.94. The summed E-state index contributed by atoms with van der Waals surface area (Å²) in [4.78, 5) is 14.4. The number of aryl methyl sites for hydroxylation is 1. The lowest BCUT2D eigenvalue weighted by Crippen LogP contribution is -2.40. The SMILES string of the molecule is Cn1c(C2CCN(C(=O)COc3ccc(Cl)cc3)CC2)cc2ccccc21. The molecule has 1 aliphatic heterocycles. The van der Waals surface area contributed by atoms with Gasteiger partial charge in [0.05, 0.1) is 0 Å². The quantitative estimate of drug-likeness (QED) is 0.660. The van der Waals surface area contributed by atoms with Gasteiger partial charge in [0.1, 0.15) is 5.75 Å². The lowest BCUT2D eigenvalue weighted by Gasteiger charge is -2.32. The van der Waals surface area contributed by atoms with E-state index in [2.05, 4.69) is 41.9 Å². The number of aromatic nitrogens is 1. The van der Waals surface area contributed by atoms with Gasteiger partial charge in [0.15, 0.2) is 6.61 Å². The van der Waals surface area contributed by atoms with Crippen molar-refractivity contribution in [1.29, 1.82) is 0 Å². The van der Waals surface area contributed by atoms with Gasteiger partial charge >= 0.3 is 0 Å². The Morgan fingerprint density at radius 2 is 1.81 bits per heavy atom. The third-order valence-corrected chi connectivity index (χ3v) is 5.68. The zero-order chi connectivity index (χ0) is 18.8. The van der Waals surface area contributed by atoms with E-state index in [0.717, 1.165) is 25.9 Å². The van der Waals surface area contributed by atoms with Crippen LogP contribution in [0.25, 0.3) is 10.9 Å². The van der Waals surface area contributed by atoms with Crippen molar-refractivity contribution >= 4 is 28.4 Å². The number of piperidine rings is 1. The van der Waals surface area contributed by atoms with E-state index in [4.69, 9.17) is 16.3 Å². The zero-order valence-corrected chi connectivity index (χ0v) is 16.2. The van der Waals surface area contributed by atoms with Crippen molar-refractivity contribution < 1.29 is 9.53 Å². The molecular weight excluding hydrogens is 360 g/mol. The van der Waals surface area contributed by atoms with Gasteiger partial charge in [0, 0.05) is 42.3 Å². The molecule has 4 rings (SSSR count). The molecule has 1 aliphatic rings. The second-order valence-electron chi connectivity index (χ2n) is 7.08. The molecule has 1 aromatic heterocycles. The van der Waals surface area contributed by atoms with Crippen LogP contribution in [-0.4, -0.2) is 35.1 Å². The monoisotopic (exact) mass is 382 g/mol. The molecule has 0 saturated carbocycles. The standard InChI is InChI=1S/C22H23ClN2O2/c1-24-20-5-3-2-4-17(20)14-21(24)16-10-12-25(13-11-16)22(26)15-27-19-8-6-18(23)7-9-19/h2-9,14,16H,10-13,15H2,1H3. The van der Waals surface area contributed by atoms with Crippen molar-refractivity contribution in [2.24, 2.45) is 7.05 Å². The van der Waals surface area contributed by atoms with Gasteiger partial charge < -0.3 is 14.2 Å². The fourth-order valence-electron chi connectivity index (χ4n) is 3.89. The maximum atomic E-state index is 12.5. The van der Waals surface area contributed by atoms with Gasteiger partial charge in [-0.2, -0.15) is 0 Å². The number of para-hydroxylation sites is 1. The smallest absolute Gasteiger partial charge is 0.260 e. The highest BCUT2D eigenvalue weighted by Crippen LogP contribution is 2.31. The van der Waals surface area contributed by atoms with Crippen LogP contribution in [0.15, 0.2) is 54.6 Å². The van der Waals surface area contributed by atoms with Gasteiger partial charge in [0.2, 0.25) is 0 Å². The van der Waals surface area contributed by atoms with Crippen molar-refractivity contribution in [1.82, 2.24) is 9.47 Å². The second kappa shape index (κ2) is 7.65. The number of likely N-dealkylation sites (tertiary alicyclic amines) is 1. The number of hydrogen-bond donors (Lipinski definition) is 0. The van der Waals surface area contributed by atoms with Crippen LogP contribution in [0.1, 0.15) is 24.5 Å². The average molecular weight is 383 g/mol. The molecule has 140 valence electrons. The predicted molar refractivity (Wildman–Crippen MR) is 108 cm³/mol. The molecule has 0 spiro atoms. The topological polar surface area (TPSA) is 34.5 Å². The van der Waals surface area contributed by atoms with E-state index in [-0.39, 0.29) is 12.5 Å². The van der Waals surface area contributed by atoms with Crippen LogP contribution >= 0.6 is 11.6 Å². The normalized spacial score (nSPS) is 15.3. The minimum atomic E-state index is 0.0421. The Bertz CT molecular complexity index is 941. The summed E-state index contributed by atoms with van der Waals surface area (Å²) in [6, 6.07) is 17.8. The predicted octanol–water partition coefficient (Wildman–Crippen LogP) is 4.62. The molecule has 4 nitrogen and oxygen atoms in total. The average Bonchev–Trinajstić information content (AvgIpc) is 3.04. The summed E-state index contributed by atoms with van der Waals surface area (Å²) in [6.45, 7) is 1.62. The van der Waals surface area contributed by atoms with Crippen LogP contribution in [0, 0.1) is 0 Å². The summed E-state index contributed by atoms with van der Waals surface area (Å²) in [5.74, 6) is 1.20. The highest BCUT2D eigenvalue weighted by atomic mass is 35.5. The van der Waals surface area contributed by atoms with E-state index in [1.807, 2.05) is 4.90 Å². The summed E-state index contributed by atoms with van der Waals surface area (Å²) in [7, 11) is 2.13. The molecule has 0 bridgehead atoms. The summed E-state index contributed by atoms with van der Waals surface area (Å²) in [5.41, 5.74) is 2.63. The van der Waals surface area contributed by atoms with E-state index in [0.29, 0.717) is 16.7 Å². The molecule has 1 fully saturated rings. The first-order valence-electron chi connectivity index (χ1n) is 9.32. The molecule has 0 aliphatic carbocycles. The fraction of sp³-hybridized carbons (Fsp3) is 0.318. The molecule has 5 heteroatoms. The molecule has 0 N–H and O–H groups in total. The number of carbonyl (C=O) groups is 1. The van der Waals surface area contributed by atoms with Gasteiger partial charge in [0.25, 0.3) is 5.91 Å². The molecule has 0 radical (unpaired) electrons. The second-order valence-corrected chi connectivity index (χ2v) is 7.52. The Morgan fingerprint density at radius 3 is 2.52 bits per heavy atom. The number of hydrogen-bond acceptors (Lipinski definition) is 2. The maximum Gasteiger partial charge on any atom is 0.260 e. The van der Waals surface area contributed by atoms with Crippen molar-refractivity contribution in [3.63, 3.8) is 0 Å². The van der Waals surface area contributed by atoms with E-state index >= 15 is 0 Å². The van der Waals surface area contributed by atoms with Gasteiger partial charge in [-0.05, 0) is 54.6 Å². The third kappa shape index (κ3) is 3.81. The minimum absolute atomic E-state index is 0.0421. The molecular formula is C22H23ClN2O2. The zero-order valence-electron chi connectivity index (χ0n) is 15.4. The highest BCUT2D eigenvalue weighted by molar-refractivity contribution is 6.30. The van der Waals surface area contributed by atoms with Crippen LogP contribution in [0.3, 0.4) is 0 Å². The molecule has 0 unspecified atom stereocenters. The van der Waals surface area contributed by atoms with Crippen LogP contribution in [-0.2, 0) is 11.8 Å². The molecule has 1 amide bonds. The molecule has 27 heavy (non-hydrogen) atoms. The fourth-order valence-corrected chi connectivity index (χ4v) is 4.02. The minimum Gasteiger partial charge on any atom is -0.484 e. The largest absolute Gasteiger partial charge is 0.484 e. The van der Waals surface area contributed by atoms with E-state index in [1.165, 1.54) is 16.6 Å². The van der Waals surface area contributed by atoms with Crippen molar-refractivity contribution in [2.75, 3.05) is 19.7 Å². The summed E-state index contributed by atoms with van der Waals surface area (Å²) >= 11 is 5.86.